The maximum atomic E-state index is 3.44. The van der Waals surface area contributed by atoms with Crippen LogP contribution in [0.2, 0.25) is 0 Å². The molecule has 0 aromatic rings. The van der Waals surface area contributed by atoms with Crippen molar-refractivity contribution in [3.63, 3.8) is 0 Å². The number of rotatable bonds is 2. The van der Waals surface area contributed by atoms with E-state index in [1.165, 1.54) is 51.5 Å². The fourth-order valence-corrected chi connectivity index (χ4v) is 2.53. The van der Waals surface area contributed by atoms with Crippen LogP contribution in [0.1, 0.15) is 44.9 Å². The molecule has 0 aromatic heterocycles. The number of hydrogen-bond acceptors (Lipinski definition) is 1. The molecule has 74 valence electrons. The third-order valence-corrected chi connectivity index (χ3v) is 3.42. The Morgan fingerprint density at radius 3 is 2.77 bits per heavy atom. The van der Waals surface area contributed by atoms with Crippen molar-refractivity contribution in [2.75, 3.05) is 13.1 Å². The highest BCUT2D eigenvalue weighted by Crippen LogP contribution is 2.28. The Morgan fingerprint density at radius 1 is 1.23 bits per heavy atom. The first-order chi connectivity index (χ1) is 6.45. The minimum atomic E-state index is 1.02. The van der Waals surface area contributed by atoms with Gasteiger partial charge in [-0.25, -0.2) is 0 Å². The van der Waals surface area contributed by atoms with Gasteiger partial charge in [0.2, 0.25) is 0 Å². The summed E-state index contributed by atoms with van der Waals surface area (Å²) in [6, 6.07) is 0. The van der Waals surface area contributed by atoms with Crippen molar-refractivity contribution in [3.8, 4) is 0 Å². The molecule has 1 aliphatic heterocycles. The molecule has 1 saturated carbocycles. The van der Waals surface area contributed by atoms with Crippen LogP contribution in [-0.2, 0) is 0 Å². The molecule has 0 unspecified atom stereocenters. The summed E-state index contributed by atoms with van der Waals surface area (Å²) in [7, 11) is 0. The second kappa shape index (κ2) is 4.80. The van der Waals surface area contributed by atoms with Crippen molar-refractivity contribution >= 4 is 0 Å². The zero-order valence-electron chi connectivity index (χ0n) is 8.52. The van der Waals surface area contributed by atoms with Gasteiger partial charge in [-0.2, -0.15) is 0 Å². The number of piperidine rings is 1. The normalized spacial score (nSPS) is 28.5. The molecule has 1 nitrogen and oxygen atoms in total. The fraction of sp³-hybridized carbons (Fsp3) is 0.833. The van der Waals surface area contributed by atoms with Crippen molar-refractivity contribution in [2.45, 2.75) is 44.9 Å². The van der Waals surface area contributed by atoms with Crippen LogP contribution in [0.3, 0.4) is 0 Å². The lowest BCUT2D eigenvalue weighted by molar-refractivity contribution is 0.547. The first-order valence-corrected chi connectivity index (χ1v) is 5.84. The van der Waals surface area contributed by atoms with Gasteiger partial charge in [0.05, 0.1) is 0 Å². The molecule has 1 saturated heterocycles. The van der Waals surface area contributed by atoms with Gasteiger partial charge in [-0.05, 0) is 31.7 Å². The molecule has 0 spiro atoms. The van der Waals surface area contributed by atoms with Gasteiger partial charge < -0.3 is 5.32 Å². The maximum Gasteiger partial charge on any atom is 0.0164 e. The van der Waals surface area contributed by atoms with Gasteiger partial charge >= 0.3 is 0 Å². The van der Waals surface area contributed by atoms with Gasteiger partial charge in [-0.1, -0.05) is 37.3 Å². The predicted molar refractivity (Wildman–Crippen MR) is 56.8 cm³/mol. The van der Waals surface area contributed by atoms with Crippen molar-refractivity contribution in [1.82, 2.24) is 5.32 Å². The van der Waals surface area contributed by atoms with E-state index in [9.17, 15) is 0 Å². The molecule has 0 aromatic carbocycles. The molecule has 0 amide bonds. The summed E-state index contributed by atoms with van der Waals surface area (Å²) in [5.74, 6) is 1.02. The molecule has 1 heteroatoms. The number of nitrogens with one attached hydrogen (secondary N) is 1. The van der Waals surface area contributed by atoms with E-state index in [0.29, 0.717) is 0 Å². The monoisotopic (exact) mass is 179 g/mol. The average molecular weight is 179 g/mol. The molecule has 1 N–H and O–H groups in total. The van der Waals surface area contributed by atoms with E-state index in [0.717, 1.165) is 12.5 Å². The van der Waals surface area contributed by atoms with Crippen LogP contribution in [0.15, 0.2) is 11.6 Å². The van der Waals surface area contributed by atoms with Gasteiger partial charge in [-0.15, -0.1) is 0 Å². The summed E-state index contributed by atoms with van der Waals surface area (Å²) in [6.45, 7) is 2.38. The molecule has 2 rings (SSSR count). The minimum Gasteiger partial charge on any atom is -0.313 e. The molecule has 2 aliphatic rings. The number of hydrogen-bond donors (Lipinski definition) is 1. The van der Waals surface area contributed by atoms with Crippen LogP contribution in [-0.4, -0.2) is 13.1 Å². The Balaban J connectivity index is 1.74. The molecule has 1 aliphatic carbocycles. The average Bonchev–Trinajstić information content (AvgIpc) is 2.69. The summed E-state index contributed by atoms with van der Waals surface area (Å²) in [4.78, 5) is 0. The van der Waals surface area contributed by atoms with Crippen molar-refractivity contribution in [1.29, 1.82) is 0 Å². The largest absolute Gasteiger partial charge is 0.313 e. The molecule has 13 heavy (non-hydrogen) atoms. The summed E-state index contributed by atoms with van der Waals surface area (Å²) in [6.07, 6.45) is 12.5. The summed E-state index contributed by atoms with van der Waals surface area (Å²) < 4.78 is 0. The highest BCUT2D eigenvalue weighted by Gasteiger charge is 2.13. The zero-order valence-corrected chi connectivity index (χ0v) is 8.52. The Kier molecular flexibility index (Phi) is 3.42. The molecule has 2 fully saturated rings. The smallest absolute Gasteiger partial charge is 0.0164 e. The van der Waals surface area contributed by atoms with Crippen LogP contribution >= 0.6 is 0 Å². The van der Waals surface area contributed by atoms with E-state index in [4.69, 9.17) is 0 Å². The van der Waals surface area contributed by atoms with Crippen LogP contribution < -0.4 is 5.32 Å². The van der Waals surface area contributed by atoms with Crippen LogP contribution in [0.5, 0.6) is 0 Å². The molecule has 1 heterocycles. The third-order valence-electron chi connectivity index (χ3n) is 3.42. The molecule has 0 bridgehead atoms. The number of allylic oxidation sites excluding steroid dienone is 1. The third kappa shape index (κ3) is 2.84. The van der Waals surface area contributed by atoms with Crippen LogP contribution in [0.4, 0.5) is 0 Å². The van der Waals surface area contributed by atoms with Crippen LogP contribution in [0, 0.1) is 5.92 Å². The molecule has 0 atom stereocenters. The van der Waals surface area contributed by atoms with Gasteiger partial charge in [0.1, 0.15) is 0 Å². The minimum absolute atomic E-state index is 1.02. The Labute approximate surface area is 81.6 Å². The zero-order chi connectivity index (χ0) is 8.93. The first kappa shape index (κ1) is 9.26. The Bertz CT molecular complexity index is 170. The van der Waals surface area contributed by atoms with Crippen molar-refractivity contribution < 1.29 is 0 Å². The maximum absolute atomic E-state index is 3.44. The summed E-state index contributed by atoms with van der Waals surface area (Å²) >= 11 is 0. The van der Waals surface area contributed by atoms with Gasteiger partial charge in [0.15, 0.2) is 0 Å². The predicted octanol–water partition coefficient (Wildman–Crippen LogP) is 2.88. The highest BCUT2D eigenvalue weighted by molar-refractivity contribution is 5.07. The lowest BCUT2D eigenvalue weighted by Crippen LogP contribution is -2.23. The quantitative estimate of drug-likeness (QED) is 0.643. The standard InChI is InChI=1S/C12H21N/c1-2-5-11(4-1)7-8-12-6-3-9-13-10-12/h8,11,13H,1-7,9-10H2/b12-8-. The van der Waals surface area contributed by atoms with E-state index in [-0.39, 0.29) is 0 Å². The van der Waals surface area contributed by atoms with E-state index in [2.05, 4.69) is 11.4 Å². The van der Waals surface area contributed by atoms with Crippen molar-refractivity contribution in [3.05, 3.63) is 11.6 Å². The van der Waals surface area contributed by atoms with Crippen molar-refractivity contribution in [2.24, 2.45) is 5.92 Å². The second-order valence-electron chi connectivity index (χ2n) is 4.53. The first-order valence-electron chi connectivity index (χ1n) is 5.84. The lowest BCUT2D eigenvalue weighted by atomic mass is 9.99. The summed E-state index contributed by atoms with van der Waals surface area (Å²) in [5, 5.41) is 3.44. The fourth-order valence-electron chi connectivity index (χ4n) is 2.53. The van der Waals surface area contributed by atoms with Gasteiger partial charge in [0.25, 0.3) is 0 Å². The van der Waals surface area contributed by atoms with Crippen LogP contribution in [0.25, 0.3) is 0 Å². The summed E-state index contributed by atoms with van der Waals surface area (Å²) in [5.41, 5.74) is 1.66. The lowest BCUT2D eigenvalue weighted by Gasteiger charge is -2.16. The second-order valence-corrected chi connectivity index (χ2v) is 4.53. The SMILES string of the molecule is C(/CC1CCCC1)=C1\CCCNC1. The highest BCUT2D eigenvalue weighted by atomic mass is 14.9. The van der Waals surface area contributed by atoms with E-state index >= 15 is 0 Å². The van der Waals surface area contributed by atoms with Gasteiger partial charge in [-0.3, -0.25) is 0 Å². The van der Waals surface area contributed by atoms with E-state index < -0.39 is 0 Å². The topological polar surface area (TPSA) is 12.0 Å². The van der Waals surface area contributed by atoms with E-state index in [1.54, 1.807) is 5.57 Å². The van der Waals surface area contributed by atoms with E-state index in [1.807, 2.05) is 0 Å². The Morgan fingerprint density at radius 2 is 2.08 bits per heavy atom. The molecular weight excluding hydrogens is 158 g/mol. The Hall–Kier alpha value is -0.300. The molecular formula is C12H21N. The van der Waals surface area contributed by atoms with Gasteiger partial charge in [0, 0.05) is 6.54 Å². The molecule has 0 radical (unpaired) electrons.